The fourth-order valence-corrected chi connectivity index (χ4v) is 2.53. The maximum absolute atomic E-state index is 6.02. The van der Waals surface area contributed by atoms with Crippen LogP contribution in [0.4, 0.5) is 0 Å². The Kier molecular flexibility index (Phi) is 7.07. The Morgan fingerprint density at radius 2 is 1.76 bits per heavy atom. The van der Waals surface area contributed by atoms with Gasteiger partial charge in [0.1, 0.15) is 12.4 Å². The fourth-order valence-electron chi connectivity index (χ4n) is 2.04. The third-order valence-electron chi connectivity index (χ3n) is 3.13. The largest absolute Gasteiger partial charge is 0.492 e. The van der Waals surface area contributed by atoms with E-state index < -0.39 is 0 Å². The molecule has 2 rings (SSSR count). The number of halogens is 2. The van der Waals surface area contributed by atoms with Crippen molar-refractivity contribution in [1.82, 2.24) is 5.32 Å². The van der Waals surface area contributed by atoms with Crippen LogP contribution in [-0.2, 0) is 6.42 Å². The topological polar surface area (TPSA) is 21.3 Å². The van der Waals surface area contributed by atoms with Crippen molar-refractivity contribution in [2.45, 2.75) is 12.5 Å². The van der Waals surface area contributed by atoms with Gasteiger partial charge in [0.25, 0.3) is 0 Å². The average molecular weight is 369 g/mol. The summed E-state index contributed by atoms with van der Waals surface area (Å²) in [5.41, 5.74) is 1.30. The third-order valence-corrected chi connectivity index (χ3v) is 4.03. The number of hydrogen-bond donors (Lipinski definition) is 1. The molecule has 0 radical (unpaired) electrons. The zero-order chi connectivity index (χ0) is 14.9. The van der Waals surface area contributed by atoms with Crippen LogP contribution in [0.1, 0.15) is 5.56 Å². The van der Waals surface area contributed by atoms with Gasteiger partial charge in [0.15, 0.2) is 0 Å². The molecule has 0 aliphatic carbocycles. The van der Waals surface area contributed by atoms with E-state index in [0.717, 1.165) is 23.2 Å². The molecule has 4 heteroatoms. The van der Waals surface area contributed by atoms with Crippen LogP contribution in [0.2, 0.25) is 0 Å². The predicted octanol–water partition coefficient (Wildman–Crippen LogP) is 4.27. The molecule has 2 nitrogen and oxygen atoms in total. The number of ether oxygens (including phenoxy) is 1. The summed E-state index contributed by atoms with van der Waals surface area (Å²) in [7, 11) is 0. The molecular formula is C17H19BrClNO. The van der Waals surface area contributed by atoms with Crippen molar-refractivity contribution in [3.05, 3.63) is 64.6 Å². The molecule has 2 aromatic carbocycles. The van der Waals surface area contributed by atoms with Gasteiger partial charge in [-0.25, -0.2) is 0 Å². The summed E-state index contributed by atoms with van der Waals surface area (Å²) in [5, 5.41) is 3.43. The molecule has 0 bridgehead atoms. The average Bonchev–Trinajstić information content (AvgIpc) is 2.53. The molecule has 0 amide bonds. The van der Waals surface area contributed by atoms with Gasteiger partial charge >= 0.3 is 0 Å². The van der Waals surface area contributed by atoms with E-state index in [1.807, 2.05) is 30.3 Å². The first kappa shape index (κ1) is 16.3. The minimum atomic E-state index is 0.266. The number of alkyl halides is 1. The summed E-state index contributed by atoms with van der Waals surface area (Å²) in [6, 6.07) is 18.5. The van der Waals surface area contributed by atoms with Crippen molar-refractivity contribution in [3.8, 4) is 5.75 Å². The van der Waals surface area contributed by atoms with E-state index in [1.165, 1.54) is 5.56 Å². The Morgan fingerprint density at radius 1 is 1.05 bits per heavy atom. The zero-order valence-corrected chi connectivity index (χ0v) is 14.1. The van der Waals surface area contributed by atoms with Crippen LogP contribution in [0.3, 0.4) is 0 Å². The van der Waals surface area contributed by atoms with E-state index in [-0.39, 0.29) is 6.04 Å². The van der Waals surface area contributed by atoms with Crippen molar-refractivity contribution >= 4 is 27.5 Å². The summed E-state index contributed by atoms with van der Waals surface area (Å²) < 4.78 is 6.73. The highest BCUT2D eigenvalue weighted by Crippen LogP contribution is 2.15. The van der Waals surface area contributed by atoms with E-state index in [4.69, 9.17) is 16.3 Å². The Hall–Kier alpha value is -1.03. The van der Waals surface area contributed by atoms with Crippen molar-refractivity contribution < 1.29 is 4.74 Å². The standard InChI is InChI=1S/C17H19BrClNO/c18-15-6-8-17(9-7-15)21-11-10-20-16(13-19)12-14-4-2-1-3-5-14/h1-9,16,20H,10-13H2. The van der Waals surface area contributed by atoms with Crippen LogP contribution < -0.4 is 10.1 Å². The summed E-state index contributed by atoms with van der Waals surface area (Å²) in [5.74, 6) is 1.47. The van der Waals surface area contributed by atoms with E-state index in [2.05, 4.69) is 45.5 Å². The molecule has 0 heterocycles. The van der Waals surface area contributed by atoms with Crippen LogP contribution >= 0.6 is 27.5 Å². The van der Waals surface area contributed by atoms with Gasteiger partial charge in [-0.15, -0.1) is 11.6 Å². The molecule has 1 atom stereocenters. The highest BCUT2D eigenvalue weighted by atomic mass is 79.9. The highest BCUT2D eigenvalue weighted by Gasteiger charge is 2.07. The van der Waals surface area contributed by atoms with E-state index in [1.54, 1.807) is 0 Å². The minimum Gasteiger partial charge on any atom is -0.492 e. The van der Waals surface area contributed by atoms with Gasteiger partial charge in [0.05, 0.1) is 0 Å². The van der Waals surface area contributed by atoms with Crippen molar-refractivity contribution in [1.29, 1.82) is 0 Å². The molecule has 0 aromatic heterocycles. The highest BCUT2D eigenvalue weighted by molar-refractivity contribution is 9.10. The molecule has 0 fully saturated rings. The molecule has 1 unspecified atom stereocenters. The van der Waals surface area contributed by atoms with Gasteiger partial charge in [-0.1, -0.05) is 46.3 Å². The minimum absolute atomic E-state index is 0.266. The third kappa shape index (κ3) is 6.08. The lowest BCUT2D eigenvalue weighted by Gasteiger charge is -2.16. The summed E-state index contributed by atoms with van der Waals surface area (Å²) in [4.78, 5) is 0. The maximum atomic E-state index is 6.02. The second kappa shape index (κ2) is 9.08. The van der Waals surface area contributed by atoms with Gasteiger partial charge in [0, 0.05) is 22.9 Å². The fraction of sp³-hybridized carbons (Fsp3) is 0.294. The first-order valence-electron chi connectivity index (χ1n) is 6.99. The molecule has 0 saturated heterocycles. The van der Waals surface area contributed by atoms with Crippen molar-refractivity contribution in [2.24, 2.45) is 0 Å². The predicted molar refractivity (Wildman–Crippen MR) is 92.3 cm³/mol. The van der Waals surface area contributed by atoms with Gasteiger partial charge in [-0.05, 0) is 36.2 Å². The SMILES string of the molecule is ClCC(Cc1ccccc1)NCCOc1ccc(Br)cc1. The van der Waals surface area contributed by atoms with Crippen LogP contribution in [-0.4, -0.2) is 25.1 Å². The molecule has 21 heavy (non-hydrogen) atoms. The van der Waals surface area contributed by atoms with Gasteiger partial charge in [-0.3, -0.25) is 0 Å². The van der Waals surface area contributed by atoms with Gasteiger partial charge in [0.2, 0.25) is 0 Å². The van der Waals surface area contributed by atoms with E-state index in [9.17, 15) is 0 Å². The number of benzene rings is 2. The number of hydrogen-bond acceptors (Lipinski definition) is 2. The molecular weight excluding hydrogens is 350 g/mol. The smallest absolute Gasteiger partial charge is 0.119 e. The second-order valence-electron chi connectivity index (χ2n) is 4.80. The lowest BCUT2D eigenvalue weighted by Crippen LogP contribution is -2.35. The van der Waals surface area contributed by atoms with Crippen LogP contribution in [0.5, 0.6) is 5.75 Å². The molecule has 0 saturated carbocycles. The molecule has 0 aliphatic rings. The number of nitrogens with one attached hydrogen (secondary N) is 1. The molecule has 112 valence electrons. The number of rotatable bonds is 8. The first-order chi connectivity index (χ1) is 10.3. The van der Waals surface area contributed by atoms with Gasteiger partial charge < -0.3 is 10.1 Å². The Morgan fingerprint density at radius 3 is 2.43 bits per heavy atom. The quantitative estimate of drug-likeness (QED) is 0.555. The Bertz CT molecular complexity index is 518. The van der Waals surface area contributed by atoms with Crippen LogP contribution in [0, 0.1) is 0 Å². The summed E-state index contributed by atoms with van der Waals surface area (Å²) >= 11 is 9.43. The summed E-state index contributed by atoms with van der Waals surface area (Å²) in [6.45, 7) is 1.41. The van der Waals surface area contributed by atoms with Crippen LogP contribution in [0.25, 0.3) is 0 Å². The van der Waals surface area contributed by atoms with Crippen LogP contribution in [0.15, 0.2) is 59.1 Å². The lowest BCUT2D eigenvalue weighted by atomic mass is 10.1. The lowest BCUT2D eigenvalue weighted by molar-refractivity contribution is 0.307. The first-order valence-corrected chi connectivity index (χ1v) is 8.32. The van der Waals surface area contributed by atoms with Crippen molar-refractivity contribution in [3.63, 3.8) is 0 Å². The monoisotopic (exact) mass is 367 g/mol. The van der Waals surface area contributed by atoms with E-state index in [0.29, 0.717) is 12.5 Å². The van der Waals surface area contributed by atoms with Crippen molar-refractivity contribution in [2.75, 3.05) is 19.0 Å². The molecule has 1 N–H and O–H groups in total. The molecule has 2 aromatic rings. The molecule has 0 spiro atoms. The Labute approximate surface area is 139 Å². The second-order valence-corrected chi connectivity index (χ2v) is 6.02. The molecule has 0 aliphatic heterocycles. The van der Waals surface area contributed by atoms with E-state index >= 15 is 0 Å². The normalized spacial score (nSPS) is 12.1. The maximum Gasteiger partial charge on any atom is 0.119 e. The zero-order valence-electron chi connectivity index (χ0n) is 11.8. The Balaban J connectivity index is 1.70. The van der Waals surface area contributed by atoms with Gasteiger partial charge in [-0.2, -0.15) is 0 Å². The summed E-state index contributed by atoms with van der Waals surface area (Å²) in [6.07, 6.45) is 0.933.